The van der Waals surface area contributed by atoms with Gasteiger partial charge in [0.15, 0.2) is 5.13 Å². The van der Waals surface area contributed by atoms with Gasteiger partial charge in [0.1, 0.15) is 17.8 Å². The third kappa shape index (κ3) is 6.69. The Kier molecular flexibility index (Phi) is 8.71. The van der Waals surface area contributed by atoms with Crippen LogP contribution < -0.4 is 10.6 Å². The summed E-state index contributed by atoms with van der Waals surface area (Å²) in [5.41, 5.74) is -4.89. The topological polar surface area (TPSA) is 165 Å². The molecule has 238 valence electrons. The fourth-order valence-electron chi connectivity index (χ4n) is 5.19. The minimum atomic E-state index is -5.78. The van der Waals surface area contributed by atoms with Gasteiger partial charge in [0.25, 0.3) is 5.91 Å². The van der Waals surface area contributed by atoms with E-state index in [0.29, 0.717) is 24.5 Å². The van der Waals surface area contributed by atoms with E-state index in [1.165, 1.54) is 28.4 Å². The first kappa shape index (κ1) is 32.4. The van der Waals surface area contributed by atoms with Crippen LogP contribution in [-0.2, 0) is 19.8 Å². The van der Waals surface area contributed by atoms with E-state index in [9.17, 15) is 27.7 Å². The van der Waals surface area contributed by atoms with Crippen molar-refractivity contribution in [3.05, 3.63) is 72.1 Å². The minimum absolute atomic E-state index is 0.0441. The fraction of sp³-hybridized carbons (Fsp3) is 0.333. The summed E-state index contributed by atoms with van der Waals surface area (Å²) in [6.07, 6.45) is 2.70. The van der Waals surface area contributed by atoms with Crippen molar-refractivity contribution < 1.29 is 37.5 Å². The van der Waals surface area contributed by atoms with Gasteiger partial charge in [-0.25, -0.2) is 4.98 Å². The fourth-order valence-corrected chi connectivity index (χ4v) is 6.49. The molecule has 1 saturated heterocycles. The lowest BCUT2D eigenvalue weighted by Crippen LogP contribution is -2.57. The Morgan fingerprint density at radius 3 is 2.49 bits per heavy atom. The molecule has 3 heterocycles. The van der Waals surface area contributed by atoms with Gasteiger partial charge in [-0.1, -0.05) is 68.5 Å². The third-order valence-electron chi connectivity index (χ3n) is 7.60. The van der Waals surface area contributed by atoms with E-state index in [-0.39, 0.29) is 22.5 Å². The number of nitrogens with one attached hydrogen (secondary N) is 3. The summed E-state index contributed by atoms with van der Waals surface area (Å²) in [6.45, 7) is 5.62. The number of likely N-dealkylation sites (tertiary alicyclic amines) is 1. The molecule has 2 aromatic carbocycles. The van der Waals surface area contributed by atoms with Crippen LogP contribution in [0.1, 0.15) is 49.7 Å². The van der Waals surface area contributed by atoms with Crippen LogP contribution in [0.5, 0.6) is 0 Å². The molecule has 4 aromatic rings. The number of hydrogen-bond acceptors (Lipinski definition) is 6. The lowest BCUT2D eigenvalue weighted by Gasteiger charge is -2.35. The lowest BCUT2D eigenvalue weighted by atomic mass is 9.85. The molecule has 1 aliphatic rings. The molecule has 3 amide bonds. The molecule has 5 N–H and O–H groups in total. The molecular weight excluding hydrogens is 627 g/mol. The van der Waals surface area contributed by atoms with E-state index in [4.69, 9.17) is 9.79 Å². The van der Waals surface area contributed by atoms with Crippen LogP contribution in [-0.4, -0.2) is 61.0 Å². The largest absolute Gasteiger partial charge is 0.399 e. The third-order valence-corrected chi connectivity index (χ3v) is 9.55. The number of aromatic nitrogens is 2. The Balaban J connectivity index is 1.31. The lowest BCUT2D eigenvalue weighted by molar-refractivity contribution is -0.140. The van der Waals surface area contributed by atoms with Gasteiger partial charge < -0.3 is 30.3 Å². The number of carbonyl (C=O) groups excluding carboxylic acids is 3. The molecule has 0 radical (unpaired) electrons. The van der Waals surface area contributed by atoms with Crippen LogP contribution in [0.3, 0.4) is 0 Å². The molecule has 0 bridgehead atoms. The molecule has 2 aromatic heterocycles. The summed E-state index contributed by atoms with van der Waals surface area (Å²) < 4.78 is 39.8. The molecule has 15 heteroatoms. The number of benzene rings is 2. The van der Waals surface area contributed by atoms with Gasteiger partial charge in [-0.2, -0.15) is 8.78 Å². The second kappa shape index (κ2) is 12.1. The maximum absolute atomic E-state index is 14.3. The van der Waals surface area contributed by atoms with Crippen molar-refractivity contribution in [1.82, 2.24) is 20.2 Å². The van der Waals surface area contributed by atoms with Crippen LogP contribution in [0.2, 0.25) is 0 Å². The number of amides is 3. The molecule has 1 fully saturated rings. The van der Waals surface area contributed by atoms with Gasteiger partial charge in [0.05, 0.1) is 4.88 Å². The van der Waals surface area contributed by atoms with Gasteiger partial charge in [-0.3, -0.25) is 18.9 Å². The van der Waals surface area contributed by atoms with E-state index in [1.807, 2.05) is 30.3 Å². The average Bonchev–Trinajstić information content (AvgIpc) is 3.74. The minimum Gasteiger partial charge on any atom is -0.351 e. The number of anilines is 1. The van der Waals surface area contributed by atoms with Crippen LogP contribution in [0, 0.1) is 5.41 Å². The Bertz CT molecular complexity index is 1800. The molecule has 45 heavy (non-hydrogen) atoms. The number of halogens is 2. The van der Waals surface area contributed by atoms with Gasteiger partial charge >= 0.3 is 13.3 Å². The first-order chi connectivity index (χ1) is 21.1. The van der Waals surface area contributed by atoms with Crippen LogP contribution >= 0.6 is 18.9 Å². The Morgan fingerprint density at radius 1 is 1.11 bits per heavy atom. The van der Waals surface area contributed by atoms with Crippen molar-refractivity contribution >= 4 is 52.7 Å². The van der Waals surface area contributed by atoms with Crippen molar-refractivity contribution in [1.29, 1.82) is 0 Å². The summed E-state index contributed by atoms with van der Waals surface area (Å²) >= 11 is 1.32. The smallest absolute Gasteiger partial charge is 0.351 e. The number of thiazole rings is 1. The average molecular weight is 660 g/mol. The maximum Gasteiger partial charge on any atom is 0.399 e. The molecule has 1 aliphatic heterocycles. The summed E-state index contributed by atoms with van der Waals surface area (Å²) in [6, 6.07) is 12.0. The quantitative estimate of drug-likeness (QED) is 0.160. The molecule has 0 spiro atoms. The second-order valence-electron chi connectivity index (χ2n) is 11.9. The second-order valence-corrected chi connectivity index (χ2v) is 14.6. The summed E-state index contributed by atoms with van der Waals surface area (Å²) in [5, 5.41) is 6.08. The molecule has 2 atom stereocenters. The van der Waals surface area contributed by atoms with E-state index in [2.05, 4.69) is 20.6 Å². The number of rotatable bonds is 8. The molecule has 5 rings (SSSR count). The summed E-state index contributed by atoms with van der Waals surface area (Å²) in [4.78, 5) is 68.1. The van der Waals surface area contributed by atoms with Crippen LogP contribution in [0.15, 0.2) is 60.8 Å². The zero-order valence-electron chi connectivity index (χ0n) is 24.6. The monoisotopic (exact) mass is 659 g/mol. The van der Waals surface area contributed by atoms with Gasteiger partial charge in [-0.15, -0.1) is 0 Å². The highest BCUT2D eigenvalue weighted by Gasteiger charge is 2.50. The number of hydrogen-bond donors (Lipinski definition) is 5. The highest BCUT2D eigenvalue weighted by atomic mass is 32.1. The highest BCUT2D eigenvalue weighted by Crippen LogP contribution is 2.59. The van der Waals surface area contributed by atoms with Gasteiger partial charge in [-0.05, 0) is 42.0 Å². The van der Waals surface area contributed by atoms with Gasteiger partial charge in [0, 0.05) is 29.2 Å². The number of fused-ring (bicyclic) bond motifs is 1. The number of alkyl halides is 2. The van der Waals surface area contributed by atoms with Crippen LogP contribution in [0.4, 0.5) is 13.9 Å². The molecular formula is C30H32F2N5O6PS. The number of carbonyl (C=O) groups is 3. The highest BCUT2D eigenvalue weighted by molar-refractivity contribution is 7.52. The Morgan fingerprint density at radius 2 is 1.82 bits per heavy atom. The number of H-pyrrole nitrogens is 1. The summed E-state index contributed by atoms with van der Waals surface area (Å²) in [5.74, 6) is -1.52. The Labute approximate surface area is 261 Å². The zero-order valence-corrected chi connectivity index (χ0v) is 26.3. The molecule has 0 saturated carbocycles. The van der Waals surface area contributed by atoms with Gasteiger partial charge in [0.2, 0.25) is 11.8 Å². The van der Waals surface area contributed by atoms with E-state index < -0.39 is 48.1 Å². The van der Waals surface area contributed by atoms with Crippen molar-refractivity contribution in [2.75, 3.05) is 11.9 Å². The predicted octanol–water partition coefficient (Wildman–Crippen LogP) is 5.29. The normalized spacial score (nSPS) is 16.5. The van der Waals surface area contributed by atoms with Crippen molar-refractivity contribution in [2.24, 2.45) is 5.41 Å². The van der Waals surface area contributed by atoms with E-state index >= 15 is 0 Å². The van der Waals surface area contributed by atoms with Crippen molar-refractivity contribution in [3.8, 4) is 10.4 Å². The van der Waals surface area contributed by atoms with Crippen molar-refractivity contribution in [3.63, 3.8) is 0 Å². The zero-order chi connectivity index (χ0) is 32.7. The number of aromatic amines is 1. The first-order valence-corrected chi connectivity index (χ1v) is 16.5. The predicted molar refractivity (Wildman–Crippen MR) is 166 cm³/mol. The number of nitrogens with zero attached hydrogens (tertiary/aromatic N) is 2. The Hall–Kier alpha value is -3.97. The standard InChI is InChI=1S/C30H32F2N5O6PS/c1-29(2,3)24(35-25(38)21-15-18-14-19(11-12-20(18)34-21)30(31,32)44(41,42)43)27(40)37-13-7-10-22(37)26(39)36-28-33-16-23(45-28)17-8-5-4-6-9-17/h4-6,8-9,11-12,14-16,22,24,34H,7,10,13H2,1-3H3,(H,35,38)(H,33,36,39)(H2,41,42,43)/t22-,24+/m0/s1. The van der Waals surface area contributed by atoms with E-state index in [1.54, 1.807) is 27.0 Å². The first-order valence-electron chi connectivity index (χ1n) is 14.1. The van der Waals surface area contributed by atoms with E-state index in [0.717, 1.165) is 22.6 Å². The van der Waals surface area contributed by atoms with Crippen molar-refractivity contribution in [2.45, 2.75) is 51.4 Å². The molecule has 11 nitrogen and oxygen atoms in total. The maximum atomic E-state index is 14.3. The molecule has 0 aliphatic carbocycles. The summed E-state index contributed by atoms with van der Waals surface area (Å²) in [7, 11) is -5.78. The molecule has 0 unspecified atom stereocenters. The van der Waals surface area contributed by atoms with Crippen LogP contribution in [0.25, 0.3) is 21.3 Å². The SMILES string of the molecule is CC(C)(C)[C@H](NC(=O)c1cc2cc(C(F)(F)P(=O)(O)O)ccc2[nH]1)C(=O)N1CCC[C@H]1C(=O)Nc1ncc(-c2ccccc2)s1.